The van der Waals surface area contributed by atoms with E-state index in [2.05, 4.69) is 19.1 Å². The fraction of sp³-hybridized carbons (Fsp3) is 0.538. The molecule has 5 rings (SSSR count). The largest absolute Gasteiger partial charge is 0.300 e. The quantitative estimate of drug-likeness (QED) is 0.656. The molecular weight excluding hydrogens is 344 g/mol. The number of Topliss-reactive ketones (excluding diaryl/α,β-unsaturated/α-hetero) is 1. The van der Waals surface area contributed by atoms with Crippen LogP contribution >= 0.6 is 0 Å². The lowest BCUT2D eigenvalue weighted by atomic mass is 9.55. The lowest BCUT2D eigenvalue weighted by Crippen LogP contribution is -2.42. The SMILES string of the molecule is CC(=O)[C@H]1CC[C@H]2[C@@H]3CCC4=CC(=O)C(c5ccccc5)CC4=C3CC[C@]12C. The minimum absolute atomic E-state index is 0.0203. The highest BCUT2D eigenvalue weighted by atomic mass is 16.1. The summed E-state index contributed by atoms with van der Waals surface area (Å²) >= 11 is 0. The van der Waals surface area contributed by atoms with Crippen molar-refractivity contribution >= 4 is 11.6 Å². The maximum atomic E-state index is 12.8. The average molecular weight is 375 g/mol. The number of carbonyl (C=O) groups is 2. The van der Waals surface area contributed by atoms with E-state index < -0.39 is 0 Å². The van der Waals surface area contributed by atoms with Crippen LogP contribution in [0.1, 0.15) is 70.3 Å². The van der Waals surface area contributed by atoms with Crippen molar-refractivity contribution in [3.63, 3.8) is 0 Å². The van der Waals surface area contributed by atoms with Crippen molar-refractivity contribution < 1.29 is 9.59 Å². The first-order valence-electron chi connectivity index (χ1n) is 11.0. The zero-order chi connectivity index (χ0) is 19.5. The Morgan fingerprint density at radius 1 is 1.07 bits per heavy atom. The molecule has 0 amide bonds. The van der Waals surface area contributed by atoms with Gasteiger partial charge in [0.05, 0.1) is 5.92 Å². The summed E-state index contributed by atoms with van der Waals surface area (Å²) in [6.07, 6.45) is 9.55. The van der Waals surface area contributed by atoms with Gasteiger partial charge >= 0.3 is 0 Å². The summed E-state index contributed by atoms with van der Waals surface area (Å²) in [5.74, 6) is 2.18. The van der Waals surface area contributed by atoms with Crippen molar-refractivity contribution in [3.8, 4) is 0 Å². The number of hydrogen-bond acceptors (Lipinski definition) is 2. The molecular formula is C26H30O2. The highest BCUT2D eigenvalue weighted by Crippen LogP contribution is 2.62. The van der Waals surface area contributed by atoms with Gasteiger partial charge in [-0.15, -0.1) is 0 Å². The highest BCUT2D eigenvalue weighted by molar-refractivity contribution is 5.98. The van der Waals surface area contributed by atoms with E-state index in [-0.39, 0.29) is 23.0 Å². The van der Waals surface area contributed by atoms with Crippen LogP contribution in [0.3, 0.4) is 0 Å². The molecule has 1 aromatic rings. The zero-order valence-electron chi connectivity index (χ0n) is 17.0. The predicted octanol–water partition coefficient (Wildman–Crippen LogP) is 5.79. The van der Waals surface area contributed by atoms with Crippen LogP contribution in [0.15, 0.2) is 53.1 Å². The Kier molecular flexibility index (Phi) is 4.23. The third kappa shape index (κ3) is 2.60. The minimum atomic E-state index is -0.0203. The molecule has 1 aromatic carbocycles. The standard InChI is InChI=1S/C26H30O2/c1-16(27)23-10-11-24-20-9-8-18-14-25(28)22(17-6-4-3-5-7-17)15-21(18)19(20)12-13-26(23,24)2/h3-7,14,20,22-24H,8-13,15H2,1-2H3/t20-,22?,23-,24+,26-/m1/s1. The van der Waals surface area contributed by atoms with Gasteiger partial charge in [-0.1, -0.05) is 42.8 Å². The van der Waals surface area contributed by atoms with Crippen LogP contribution in [0.25, 0.3) is 0 Å². The van der Waals surface area contributed by atoms with Gasteiger partial charge in [0.2, 0.25) is 0 Å². The van der Waals surface area contributed by atoms with E-state index in [0.717, 1.165) is 37.7 Å². The van der Waals surface area contributed by atoms with Gasteiger partial charge in [-0.05, 0) is 91.9 Å². The summed E-state index contributed by atoms with van der Waals surface area (Å²) < 4.78 is 0. The van der Waals surface area contributed by atoms with Gasteiger partial charge in [-0.25, -0.2) is 0 Å². The normalized spacial score (nSPS) is 37.1. The fourth-order valence-corrected chi connectivity index (χ4v) is 7.17. The van der Waals surface area contributed by atoms with E-state index in [1.54, 1.807) is 12.5 Å². The summed E-state index contributed by atoms with van der Waals surface area (Å²) in [5, 5.41) is 0. The Hall–Kier alpha value is -1.96. The van der Waals surface area contributed by atoms with Gasteiger partial charge in [0.25, 0.3) is 0 Å². The van der Waals surface area contributed by atoms with Crippen molar-refractivity contribution in [3.05, 3.63) is 58.7 Å². The molecule has 5 atom stereocenters. The van der Waals surface area contributed by atoms with Crippen molar-refractivity contribution in [2.75, 3.05) is 0 Å². The van der Waals surface area contributed by atoms with Crippen LogP contribution < -0.4 is 0 Å². The van der Waals surface area contributed by atoms with Crippen LogP contribution in [0.4, 0.5) is 0 Å². The van der Waals surface area contributed by atoms with Crippen LogP contribution in [-0.4, -0.2) is 11.6 Å². The van der Waals surface area contributed by atoms with E-state index in [0.29, 0.717) is 17.6 Å². The van der Waals surface area contributed by atoms with Crippen LogP contribution in [0, 0.1) is 23.2 Å². The summed E-state index contributed by atoms with van der Waals surface area (Å²) in [4.78, 5) is 25.1. The number of ketones is 2. The fourth-order valence-electron chi connectivity index (χ4n) is 7.17. The van der Waals surface area contributed by atoms with Crippen molar-refractivity contribution in [1.82, 2.24) is 0 Å². The number of benzene rings is 1. The molecule has 4 aliphatic rings. The number of fused-ring (bicyclic) bond motifs is 4. The third-order valence-corrected chi connectivity index (χ3v) is 8.54. The Labute approximate surface area is 168 Å². The zero-order valence-corrected chi connectivity index (χ0v) is 17.0. The molecule has 2 fully saturated rings. The van der Waals surface area contributed by atoms with Gasteiger partial charge in [-0.3, -0.25) is 9.59 Å². The maximum Gasteiger partial charge on any atom is 0.163 e. The predicted molar refractivity (Wildman–Crippen MR) is 111 cm³/mol. The monoisotopic (exact) mass is 374 g/mol. The maximum absolute atomic E-state index is 12.8. The van der Waals surface area contributed by atoms with E-state index >= 15 is 0 Å². The topological polar surface area (TPSA) is 34.1 Å². The molecule has 2 saturated carbocycles. The molecule has 0 aromatic heterocycles. The second kappa shape index (κ2) is 6.54. The number of hydrogen-bond donors (Lipinski definition) is 0. The molecule has 0 bridgehead atoms. The number of rotatable bonds is 2. The minimum Gasteiger partial charge on any atom is -0.300 e. The smallest absolute Gasteiger partial charge is 0.163 e. The molecule has 0 aliphatic heterocycles. The molecule has 2 nitrogen and oxygen atoms in total. The molecule has 0 saturated heterocycles. The molecule has 28 heavy (non-hydrogen) atoms. The van der Waals surface area contributed by atoms with E-state index in [1.807, 2.05) is 24.3 Å². The summed E-state index contributed by atoms with van der Waals surface area (Å²) in [7, 11) is 0. The van der Waals surface area contributed by atoms with Crippen LogP contribution in [-0.2, 0) is 9.59 Å². The molecule has 2 heteroatoms. The molecule has 0 N–H and O–H groups in total. The van der Waals surface area contributed by atoms with Gasteiger partial charge in [-0.2, -0.15) is 0 Å². The molecule has 1 unspecified atom stereocenters. The number of carbonyl (C=O) groups excluding carboxylic acids is 2. The van der Waals surface area contributed by atoms with Crippen molar-refractivity contribution in [2.45, 2.75) is 64.7 Å². The first-order chi connectivity index (χ1) is 13.5. The summed E-state index contributed by atoms with van der Waals surface area (Å²) in [5.41, 5.74) is 5.78. The lowest BCUT2D eigenvalue weighted by Gasteiger charge is -2.49. The van der Waals surface area contributed by atoms with Gasteiger partial charge in [0, 0.05) is 5.92 Å². The first kappa shape index (κ1) is 18.1. The second-order valence-electron chi connectivity index (χ2n) is 9.74. The Balaban J connectivity index is 1.51. The lowest BCUT2D eigenvalue weighted by molar-refractivity contribution is -0.125. The van der Waals surface area contributed by atoms with E-state index in [9.17, 15) is 9.59 Å². The summed E-state index contributed by atoms with van der Waals surface area (Å²) in [6, 6.07) is 10.3. The molecule has 4 aliphatic carbocycles. The highest BCUT2D eigenvalue weighted by Gasteiger charge is 2.54. The van der Waals surface area contributed by atoms with Gasteiger partial charge in [0.15, 0.2) is 5.78 Å². The second-order valence-corrected chi connectivity index (χ2v) is 9.74. The Morgan fingerprint density at radius 3 is 2.61 bits per heavy atom. The number of allylic oxidation sites excluding steroid dienone is 4. The van der Waals surface area contributed by atoms with Crippen molar-refractivity contribution in [1.29, 1.82) is 0 Å². The summed E-state index contributed by atoms with van der Waals surface area (Å²) in [6.45, 7) is 4.19. The molecule has 0 heterocycles. The third-order valence-electron chi connectivity index (χ3n) is 8.54. The molecule has 0 spiro atoms. The molecule has 146 valence electrons. The van der Waals surface area contributed by atoms with Gasteiger partial charge < -0.3 is 0 Å². The van der Waals surface area contributed by atoms with Crippen LogP contribution in [0.2, 0.25) is 0 Å². The Bertz CT molecular complexity index is 890. The van der Waals surface area contributed by atoms with Crippen molar-refractivity contribution in [2.24, 2.45) is 23.2 Å². The average Bonchev–Trinajstić information content (AvgIpc) is 3.05. The molecule has 0 radical (unpaired) electrons. The van der Waals surface area contributed by atoms with E-state index in [1.165, 1.54) is 24.0 Å². The Morgan fingerprint density at radius 2 is 1.86 bits per heavy atom. The van der Waals surface area contributed by atoms with Crippen LogP contribution in [0.5, 0.6) is 0 Å². The van der Waals surface area contributed by atoms with Gasteiger partial charge in [0.1, 0.15) is 5.78 Å². The van der Waals surface area contributed by atoms with E-state index in [4.69, 9.17) is 0 Å². The first-order valence-corrected chi connectivity index (χ1v) is 11.0.